The number of alkyl halides is 2. The maximum Gasteiger partial charge on any atom is 0.387 e. The van der Waals surface area contributed by atoms with Crippen molar-refractivity contribution in [1.82, 2.24) is 4.90 Å². The molecule has 0 heterocycles. The monoisotopic (exact) mass is 355 g/mol. The first-order chi connectivity index (χ1) is 11.5. The second kappa shape index (κ2) is 8.49. The van der Waals surface area contributed by atoms with Gasteiger partial charge in [0.1, 0.15) is 18.1 Å². The van der Waals surface area contributed by atoms with Gasteiger partial charge in [0.2, 0.25) is 0 Å². The Hall–Kier alpha value is -2.34. The lowest BCUT2D eigenvalue weighted by atomic mass is 10.2. The highest BCUT2D eigenvalue weighted by atomic mass is 35.5. The second-order valence-corrected chi connectivity index (χ2v) is 5.37. The number of amides is 1. The summed E-state index contributed by atoms with van der Waals surface area (Å²) < 4.78 is 34.3. The molecule has 0 aliphatic heterocycles. The van der Waals surface area contributed by atoms with Crippen LogP contribution in [0.5, 0.6) is 11.5 Å². The molecular weight excluding hydrogens is 340 g/mol. The topological polar surface area (TPSA) is 38.8 Å². The van der Waals surface area contributed by atoms with Crippen LogP contribution in [0.2, 0.25) is 5.02 Å². The van der Waals surface area contributed by atoms with Gasteiger partial charge in [-0.3, -0.25) is 4.79 Å². The predicted octanol–water partition coefficient (Wildman–Crippen LogP) is 4.09. The van der Waals surface area contributed by atoms with E-state index in [1.807, 2.05) is 0 Å². The van der Waals surface area contributed by atoms with Gasteiger partial charge in [-0.25, -0.2) is 0 Å². The van der Waals surface area contributed by atoms with Gasteiger partial charge in [-0.2, -0.15) is 8.78 Å². The largest absolute Gasteiger partial charge is 0.492 e. The third-order valence-corrected chi connectivity index (χ3v) is 3.41. The third-order valence-electron chi connectivity index (χ3n) is 3.16. The van der Waals surface area contributed by atoms with Gasteiger partial charge < -0.3 is 14.4 Å². The van der Waals surface area contributed by atoms with Gasteiger partial charge in [0.05, 0.1) is 6.54 Å². The van der Waals surface area contributed by atoms with E-state index in [9.17, 15) is 13.6 Å². The van der Waals surface area contributed by atoms with Gasteiger partial charge in [0.25, 0.3) is 5.91 Å². The van der Waals surface area contributed by atoms with E-state index in [0.717, 1.165) is 0 Å². The van der Waals surface area contributed by atoms with Crippen molar-refractivity contribution in [2.24, 2.45) is 0 Å². The highest BCUT2D eigenvalue weighted by molar-refractivity contribution is 6.30. The number of hydrogen-bond acceptors (Lipinski definition) is 3. The Morgan fingerprint density at radius 3 is 2.54 bits per heavy atom. The van der Waals surface area contributed by atoms with Gasteiger partial charge in [-0.15, -0.1) is 0 Å². The molecule has 0 saturated carbocycles. The summed E-state index contributed by atoms with van der Waals surface area (Å²) in [6.45, 7) is -2.31. The van der Waals surface area contributed by atoms with Crippen LogP contribution >= 0.6 is 11.6 Å². The highest BCUT2D eigenvalue weighted by Gasteiger charge is 2.13. The van der Waals surface area contributed by atoms with E-state index in [1.54, 1.807) is 31.3 Å². The molecule has 2 rings (SSSR count). The lowest BCUT2D eigenvalue weighted by Gasteiger charge is -2.18. The fourth-order valence-corrected chi connectivity index (χ4v) is 2.08. The van der Waals surface area contributed by atoms with Crippen LogP contribution in [0.25, 0.3) is 0 Å². The Morgan fingerprint density at radius 2 is 1.88 bits per heavy atom. The second-order valence-electron chi connectivity index (χ2n) is 4.94. The van der Waals surface area contributed by atoms with Crippen LogP contribution in [0.15, 0.2) is 48.5 Å². The number of likely N-dealkylation sites (N-methyl/N-ethyl adjacent to an activating group) is 1. The average Bonchev–Trinajstić information content (AvgIpc) is 2.55. The summed E-state index contributed by atoms with van der Waals surface area (Å²) in [6.07, 6.45) is 0. The zero-order valence-corrected chi connectivity index (χ0v) is 13.7. The summed E-state index contributed by atoms with van der Waals surface area (Å²) in [5.41, 5.74) is 0.266. The number of rotatable bonds is 7. The summed E-state index contributed by atoms with van der Waals surface area (Å²) in [7, 11) is 1.61. The Morgan fingerprint density at radius 1 is 1.17 bits per heavy atom. The highest BCUT2D eigenvalue weighted by Crippen LogP contribution is 2.17. The van der Waals surface area contributed by atoms with E-state index in [2.05, 4.69) is 4.74 Å². The normalized spacial score (nSPS) is 10.5. The molecule has 2 aromatic rings. The molecule has 4 nitrogen and oxygen atoms in total. The number of nitrogens with zero attached hydrogens (tertiary/aromatic N) is 1. The Kier molecular flexibility index (Phi) is 6.37. The Labute approximate surface area is 143 Å². The van der Waals surface area contributed by atoms with Gasteiger partial charge in [0, 0.05) is 17.6 Å². The Bertz CT molecular complexity index is 680. The van der Waals surface area contributed by atoms with Crippen LogP contribution in [0.3, 0.4) is 0 Å². The van der Waals surface area contributed by atoms with Crippen LogP contribution in [0, 0.1) is 0 Å². The number of carbonyl (C=O) groups excluding carboxylic acids is 1. The molecule has 0 aliphatic carbocycles. The van der Waals surface area contributed by atoms with Crippen LogP contribution in [-0.4, -0.2) is 37.6 Å². The molecule has 0 unspecified atom stereocenters. The summed E-state index contributed by atoms with van der Waals surface area (Å²) in [4.78, 5) is 13.7. The summed E-state index contributed by atoms with van der Waals surface area (Å²) in [5.74, 6) is 0.281. The molecule has 0 N–H and O–H groups in total. The number of hydrogen-bond donors (Lipinski definition) is 0. The first-order valence-electron chi connectivity index (χ1n) is 7.14. The Balaban J connectivity index is 1.88. The van der Waals surface area contributed by atoms with Crippen molar-refractivity contribution in [3.05, 3.63) is 59.1 Å². The number of halogens is 3. The van der Waals surface area contributed by atoms with Gasteiger partial charge in [-0.05, 0) is 42.5 Å². The molecule has 7 heteroatoms. The molecule has 0 aromatic heterocycles. The van der Waals surface area contributed by atoms with Crippen molar-refractivity contribution in [2.75, 3.05) is 20.2 Å². The molecule has 1 amide bonds. The summed E-state index contributed by atoms with van der Waals surface area (Å²) in [6, 6.07) is 12.6. The van der Waals surface area contributed by atoms with Crippen molar-refractivity contribution in [3.63, 3.8) is 0 Å². The molecule has 128 valence electrons. The number of carbonyl (C=O) groups is 1. The first-order valence-corrected chi connectivity index (χ1v) is 7.52. The van der Waals surface area contributed by atoms with E-state index in [1.165, 1.54) is 29.2 Å². The number of ether oxygens (including phenoxy) is 2. The number of benzene rings is 2. The van der Waals surface area contributed by atoms with E-state index in [0.29, 0.717) is 17.3 Å². The minimum absolute atomic E-state index is 0.0540. The third kappa shape index (κ3) is 5.38. The molecule has 0 spiro atoms. The van der Waals surface area contributed by atoms with Crippen molar-refractivity contribution in [2.45, 2.75) is 6.61 Å². The molecular formula is C17H16ClF2NO3. The fourth-order valence-electron chi connectivity index (χ4n) is 1.96. The van der Waals surface area contributed by atoms with Gasteiger partial charge in [0.15, 0.2) is 0 Å². The predicted molar refractivity (Wildman–Crippen MR) is 87.0 cm³/mol. The molecule has 0 atom stereocenters. The zero-order chi connectivity index (χ0) is 17.5. The van der Waals surface area contributed by atoms with Crippen LogP contribution in [-0.2, 0) is 0 Å². The molecule has 0 radical (unpaired) electrons. The minimum atomic E-state index is -2.93. The molecule has 0 saturated heterocycles. The molecule has 0 aliphatic rings. The summed E-state index contributed by atoms with van der Waals surface area (Å²) in [5, 5.41) is 0.612. The van der Waals surface area contributed by atoms with Gasteiger partial charge >= 0.3 is 6.61 Å². The van der Waals surface area contributed by atoms with Crippen molar-refractivity contribution >= 4 is 17.5 Å². The molecule has 2 aromatic carbocycles. The average molecular weight is 356 g/mol. The molecule has 0 bridgehead atoms. The van der Waals surface area contributed by atoms with Crippen LogP contribution < -0.4 is 9.47 Å². The van der Waals surface area contributed by atoms with Crippen LogP contribution in [0.1, 0.15) is 10.4 Å². The SMILES string of the molecule is CN(CCOc1ccc(Cl)cc1)C(=O)c1cccc(OC(F)F)c1. The minimum Gasteiger partial charge on any atom is -0.492 e. The smallest absolute Gasteiger partial charge is 0.387 e. The van der Waals surface area contributed by atoms with Crippen LogP contribution in [0.4, 0.5) is 8.78 Å². The van der Waals surface area contributed by atoms with Crippen molar-refractivity contribution in [3.8, 4) is 11.5 Å². The lowest BCUT2D eigenvalue weighted by Crippen LogP contribution is -2.30. The fraction of sp³-hybridized carbons (Fsp3) is 0.235. The quantitative estimate of drug-likeness (QED) is 0.750. The standard InChI is InChI=1S/C17H16ClF2NO3/c1-21(9-10-23-14-7-5-13(18)6-8-14)16(22)12-3-2-4-15(11-12)24-17(19)20/h2-8,11,17H,9-10H2,1H3. The maximum atomic E-state index is 12.3. The lowest BCUT2D eigenvalue weighted by molar-refractivity contribution is -0.0499. The van der Waals surface area contributed by atoms with Gasteiger partial charge in [-0.1, -0.05) is 17.7 Å². The van der Waals surface area contributed by atoms with E-state index in [4.69, 9.17) is 16.3 Å². The molecule has 24 heavy (non-hydrogen) atoms. The first kappa shape index (κ1) is 18.0. The zero-order valence-electron chi connectivity index (χ0n) is 12.9. The van der Waals surface area contributed by atoms with E-state index in [-0.39, 0.29) is 23.8 Å². The van der Waals surface area contributed by atoms with Crippen molar-refractivity contribution in [1.29, 1.82) is 0 Å². The van der Waals surface area contributed by atoms with E-state index < -0.39 is 6.61 Å². The summed E-state index contributed by atoms with van der Waals surface area (Å²) >= 11 is 5.78. The van der Waals surface area contributed by atoms with Crippen molar-refractivity contribution < 1.29 is 23.0 Å². The molecule has 0 fully saturated rings. The maximum absolute atomic E-state index is 12.3. The van der Waals surface area contributed by atoms with E-state index >= 15 is 0 Å².